The van der Waals surface area contributed by atoms with E-state index in [9.17, 15) is 0 Å². The molecule has 0 unspecified atom stereocenters. The summed E-state index contributed by atoms with van der Waals surface area (Å²) in [6.45, 7) is 2.04. The summed E-state index contributed by atoms with van der Waals surface area (Å²) in [5, 5.41) is 2.30. The van der Waals surface area contributed by atoms with Crippen LogP contribution in [0.3, 0.4) is 0 Å². The lowest BCUT2D eigenvalue weighted by Crippen LogP contribution is -1.85. The lowest BCUT2D eigenvalue weighted by atomic mass is 10.1. The van der Waals surface area contributed by atoms with Gasteiger partial charge in [-0.15, -0.1) is 0 Å². The Hall–Kier alpha value is -1.96. The molecule has 0 bridgehead atoms. The van der Waals surface area contributed by atoms with Gasteiger partial charge in [-0.05, 0) is 24.6 Å². The van der Waals surface area contributed by atoms with Crippen molar-refractivity contribution in [3.05, 3.63) is 42.0 Å². The van der Waals surface area contributed by atoms with Crippen LogP contribution in [-0.4, -0.2) is 7.11 Å². The summed E-state index contributed by atoms with van der Waals surface area (Å²) in [5.74, 6) is 0.867. The van der Waals surface area contributed by atoms with Crippen LogP contribution >= 0.6 is 0 Å². The molecule has 2 nitrogen and oxygen atoms in total. The molecular weight excluding hydrogens is 200 g/mol. The van der Waals surface area contributed by atoms with Crippen LogP contribution in [0, 0.1) is 6.92 Å². The maximum Gasteiger partial charge on any atom is 0.139 e. The van der Waals surface area contributed by atoms with Crippen molar-refractivity contribution in [1.29, 1.82) is 0 Å². The maximum absolute atomic E-state index is 5.77. The number of ether oxygens (including phenoxy) is 1. The standard InChI is InChI=1S/C14H12O2/c1-9-7-11-10-5-3-4-6-12(10)16-14(11)8-13(9)15-2/h3-8H,1-2H3. The zero-order valence-electron chi connectivity index (χ0n) is 9.28. The minimum atomic E-state index is 0.867. The van der Waals surface area contributed by atoms with Gasteiger partial charge in [0, 0.05) is 16.8 Å². The van der Waals surface area contributed by atoms with E-state index < -0.39 is 0 Å². The van der Waals surface area contributed by atoms with Crippen LogP contribution in [0.25, 0.3) is 21.9 Å². The van der Waals surface area contributed by atoms with Crippen LogP contribution < -0.4 is 4.74 Å². The van der Waals surface area contributed by atoms with Gasteiger partial charge in [-0.1, -0.05) is 18.2 Å². The lowest BCUT2D eigenvalue weighted by molar-refractivity contribution is 0.411. The number of fused-ring (bicyclic) bond motifs is 3. The van der Waals surface area contributed by atoms with Crippen molar-refractivity contribution >= 4 is 21.9 Å². The molecule has 3 rings (SSSR count). The minimum absolute atomic E-state index is 0.867. The Bertz CT molecular complexity index is 665. The van der Waals surface area contributed by atoms with E-state index in [1.165, 1.54) is 0 Å². The van der Waals surface area contributed by atoms with Crippen molar-refractivity contribution in [2.24, 2.45) is 0 Å². The number of aryl methyl sites for hydroxylation is 1. The zero-order chi connectivity index (χ0) is 11.1. The maximum atomic E-state index is 5.77. The molecule has 0 saturated carbocycles. The summed E-state index contributed by atoms with van der Waals surface area (Å²) in [6, 6.07) is 12.1. The van der Waals surface area contributed by atoms with E-state index in [2.05, 4.69) is 12.1 Å². The quantitative estimate of drug-likeness (QED) is 0.610. The van der Waals surface area contributed by atoms with Crippen LogP contribution in [0.15, 0.2) is 40.8 Å². The molecule has 0 fully saturated rings. The highest BCUT2D eigenvalue weighted by molar-refractivity contribution is 6.05. The van der Waals surface area contributed by atoms with Crippen LogP contribution in [0.1, 0.15) is 5.56 Å². The van der Waals surface area contributed by atoms with E-state index >= 15 is 0 Å². The molecule has 0 saturated heterocycles. The van der Waals surface area contributed by atoms with Crippen molar-refractivity contribution in [3.63, 3.8) is 0 Å². The smallest absolute Gasteiger partial charge is 0.139 e. The summed E-state index contributed by atoms with van der Waals surface area (Å²) >= 11 is 0. The van der Waals surface area contributed by atoms with Gasteiger partial charge in [-0.25, -0.2) is 0 Å². The Morgan fingerprint density at radius 3 is 2.62 bits per heavy atom. The Balaban J connectivity index is 2.46. The van der Waals surface area contributed by atoms with Crippen molar-refractivity contribution in [3.8, 4) is 5.75 Å². The van der Waals surface area contributed by atoms with Crippen molar-refractivity contribution in [1.82, 2.24) is 0 Å². The van der Waals surface area contributed by atoms with E-state index in [-0.39, 0.29) is 0 Å². The number of furan rings is 1. The molecule has 16 heavy (non-hydrogen) atoms. The molecule has 80 valence electrons. The predicted octanol–water partition coefficient (Wildman–Crippen LogP) is 3.90. The molecule has 1 aromatic heterocycles. The number of benzene rings is 2. The second kappa shape index (κ2) is 3.27. The van der Waals surface area contributed by atoms with Gasteiger partial charge >= 0.3 is 0 Å². The Morgan fingerprint density at radius 2 is 1.81 bits per heavy atom. The summed E-state index contributed by atoms with van der Waals surface area (Å²) < 4.78 is 11.1. The van der Waals surface area contributed by atoms with Gasteiger partial charge in [0.2, 0.25) is 0 Å². The molecule has 0 aliphatic carbocycles. The normalized spacial score (nSPS) is 11.1. The zero-order valence-corrected chi connectivity index (χ0v) is 9.28. The summed E-state index contributed by atoms with van der Waals surface area (Å²) in [5.41, 5.74) is 2.93. The highest BCUT2D eigenvalue weighted by atomic mass is 16.5. The molecular formula is C14H12O2. The van der Waals surface area contributed by atoms with E-state index in [1.807, 2.05) is 31.2 Å². The van der Waals surface area contributed by atoms with Gasteiger partial charge in [0.05, 0.1) is 7.11 Å². The summed E-state index contributed by atoms with van der Waals surface area (Å²) in [7, 11) is 1.68. The van der Waals surface area contributed by atoms with E-state index in [0.29, 0.717) is 0 Å². The molecule has 3 aromatic rings. The van der Waals surface area contributed by atoms with E-state index in [1.54, 1.807) is 7.11 Å². The fourth-order valence-corrected chi connectivity index (χ4v) is 2.08. The number of hydrogen-bond donors (Lipinski definition) is 0. The highest BCUT2D eigenvalue weighted by Gasteiger charge is 2.09. The average molecular weight is 212 g/mol. The number of hydrogen-bond acceptors (Lipinski definition) is 2. The van der Waals surface area contributed by atoms with Crippen LogP contribution in [0.5, 0.6) is 5.75 Å². The van der Waals surface area contributed by atoms with E-state index in [4.69, 9.17) is 9.15 Å². The van der Waals surface area contributed by atoms with Gasteiger partial charge in [0.1, 0.15) is 16.9 Å². The Morgan fingerprint density at radius 1 is 1.00 bits per heavy atom. The molecule has 0 aliphatic heterocycles. The first-order valence-electron chi connectivity index (χ1n) is 5.25. The largest absolute Gasteiger partial charge is 0.496 e. The predicted molar refractivity (Wildman–Crippen MR) is 65.0 cm³/mol. The molecule has 0 radical (unpaired) electrons. The van der Waals surface area contributed by atoms with E-state index in [0.717, 1.165) is 33.3 Å². The highest BCUT2D eigenvalue weighted by Crippen LogP contribution is 2.33. The molecule has 0 amide bonds. The Labute approximate surface area is 93.4 Å². The van der Waals surface area contributed by atoms with Gasteiger partial charge in [-0.3, -0.25) is 0 Å². The molecule has 0 aliphatic rings. The summed E-state index contributed by atoms with van der Waals surface area (Å²) in [6.07, 6.45) is 0. The second-order valence-corrected chi connectivity index (χ2v) is 3.92. The third-order valence-electron chi connectivity index (χ3n) is 2.89. The molecule has 1 heterocycles. The van der Waals surface area contributed by atoms with Gasteiger partial charge in [0.25, 0.3) is 0 Å². The van der Waals surface area contributed by atoms with Crippen LogP contribution in [0.2, 0.25) is 0 Å². The molecule has 0 spiro atoms. The number of rotatable bonds is 1. The van der Waals surface area contributed by atoms with Crippen molar-refractivity contribution in [2.75, 3.05) is 7.11 Å². The SMILES string of the molecule is COc1cc2oc3ccccc3c2cc1C. The van der Waals surface area contributed by atoms with Crippen molar-refractivity contribution < 1.29 is 9.15 Å². The summed E-state index contributed by atoms with van der Waals surface area (Å²) in [4.78, 5) is 0. The fraction of sp³-hybridized carbons (Fsp3) is 0.143. The van der Waals surface area contributed by atoms with Gasteiger partial charge in [-0.2, -0.15) is 0 Å². The Kier molecular flexibility index (Phi) is 1.90. The molecule has 0 N–H and O–H groups in total. The topological polar surface area (TPSA) is 22.4 Å². The third kappa shape index (κ3) is 1.20. The number of para-hydroxylation sites is 1. The van der Waals surface area contributed by atoms with Crippen LogP contribution in [-0.2, 0) is 0 Å². The monoisotopic (exact) mass is 212 g/mol. The van der Waals surface area contributed by atoms with Crippen LogP contribution in [0.4, 0.5) is 0 Å². The average Bonchev–Trinajstić information content (AvgIpc) is 2.66. The first-order valence-corrected chi connectivity index (χ1v) is 5.25. The lowest BCUT2D eigenvalue weighted by Gasteiger charge is -2.03. The fourth-order valence-electron chi connectivity index (χ4n) is 2.08. The second-order valence-electron chi connectivity index (χ2n) is 3.92. The first kappa shape index (κ1) is 9.28. The number of methoxy groups -OCH3 is 1. The molecule has 2 aromatic carbocycles. The minimum Gasteiger partial charge on any atom is -0.496 e. The molecule has 0 atom stereocenters. The third-order valence-corrected chi connectivity index (χ3v) is 2.89. The van der Waals surface area contributed by atoms with Gasteiger partial charge < -0.3 is 9.15 Å². The first-order chi connectivity index (χ1) is 7.79. The van der Waals surface area contributed by atoms with Gasteiger partial charge in [0.15, 0.2) is 0 Å². The molecule has 2 heteroatoms. The van der Waals surface area contributed by atoms with Crippen molar-refractivity contribution in [2.45, 2.75) is 6.92 Å².